The van der Waals surface area contributed by atoms with E-state index in [2.05, 4.69) is 26.6 Å². The molecule has 0 aliphatic carbocycles. The van der Waals surface area contributed by atoms with Crippen LogP contribution in [0, 0.1) is 0 Å². The number of hydrogen-bond acceptors (Lipinski definition) is 4. The summed E-state index contributed by atoms with van der Waals surface area (Å²) in [7, 11) is 0. The number of benzene rings is 1. The summed E-state index contributed by atoms with van der Waals surface area (Å²) in [5, 5.41) is 22.4. The molecule has 0 saturated heterocycles. The molecule has 0 spiro atoms. The number of rotatable bonds is 6. The second-order valence-electron chi connectivity index (χ2n) is 3.82. The van der Waals surface area contributed by atoms with Crippen LogP contribution in [0.3, 0.4) is 0 Å². The molecule has 0 atom stereocenters. The Balaban J connectivity index is 2.44. The SMILES string of the molecule is O=C(CNC(=O)c1cccc(Br)c1)NC(CO)CO. The van der Waals surface area contributed by atoms with Crippen LogP contribution in [0.15, 0.2) is 28.7 Å². The van der Waals surface area contributed by atoms with E-state index in [1.165, 1.54) is 0 Å². The Kier molecular flexibility index (Phi) is 6.48. The van der Waals surface area contributed by atoms with E-state index < -0.39 is 11.9 Å². The van der Waals surface area contributed by atoms with Crippen LogP contribution in [0.1, 0.15) is 10.4 Å². The molecule has 2 amide bonds. The smallest absolute Gasteiger partial charge is 0.251 e. The maximum Gasteiger partial charge on any atom is 0.251 e. The van der Waals surface area contributed by atoms with Gasteiger partial charge in [-0.05, 0) is 18.2 Å². The molecule has 19 heavy (non-hydrogen) atoms. The summed E-state index contributed by atoms with van der Waals surface area (Å²) in [6.45, 7) is -0.939. The van der Waals surface area contributed by atoms with E-state index >= 15 is 0 Å². The summed E-state index contributed by atoms with van der Waals surface area (Å²) < 4.78 is 0.769. The highest BCUT2D eigenvalue weighted by Crippen LogP contribution is 2.11. The van der Waals surface area contributed by atoms with Crippen molar-refractivity contribution >= 4 is 27.7 Å². The number of amides is 2. The molecule has 0 aromatic heterocycles. The van der Waals surface area contributed by atoms with Gasteiger partial charge in [0.1, 0.15) is 0 Å². The van der Waals surface area contributed by atoms with Crippen molar-refractivity contribution in [2.24, 2.45) is 0 Å². The molecule has 0 heterocycles. The Bertz CT molecular complexity index is 449. The summed E-state index contributed by atoms with van der Waals surface area (Å²) in [6, 6.07) is 6.05. The molecule has 0 saturated carbocycles. The fourth-order valence-corrected chi connectivity index (χ4v) is 1.72. The zero-order chi connectivity index (χ0) is 14.3. The van der Waals surface area contributed by atoms with Gasteiger partial charge in [0.15, 0.2) is 0 Å². The second kappa shape index (κ2) is 7.88. The third-order valence-electron chi connectivity index (χ3n) is 2.30. The van der Waals surface area contributed by atoms with Crippen molar-refractivity contribution in [3.8, 4) is 0 Å². The lowest BCUT2D eigenvalue weighted by Gasteiger charge is -2.13. The zero-order valence-electron chi connectivity index (χ0n) is 10.1. The third-order valence-corrected chi connectivity index (χ3v) is 2.80. The Hall–Kier alpha value is -1.44. The lowest BCUT2D eigenvalue weighted by Crippen LogP contribution is -2.45. The van der Waals surface area contributed by atoms with E-state index in [1.54, 1.807) is 24.3 Å². The van der Waals surface area contributed by atoms with Crippen LogP contribution in [0.5, 0.6) is 0 Å². The van der Waals surface area contributed by atoms with E-state index in [4.69, 9.17) is 10.2 Å². The highest BCUT2D eigenvalue weighted by molar-refractivity contribution is 9.10. The van der Waals surface area contributed by atoms with Gasteiger partial charge in [-0.3, -0.25) is 9.59 Å². The molecule has 0 fully saturated rings. The molecule has 104 valence electrons. The van der Waals surface area contributed by atoms with Crippen LogP contribution in [-0.4, -0.2) is 47.8 Å². The van der Waals surface area contributed by atoms with Gasteiger partial charge < -0.3 is 20.8 Å². The number of hydrogen-bond donors (Lipinski definition) is 4. The van der Waals surface area contributed by atoms with E-state index in [0.29, 0.717) is 5.56 Å². The minimum Gasteiger partial charge on any atom is -0.394 e. The van der Waals surface area contributed by atoms with Crippen molar-refractivity contribution in [3.05, 3.63) is 34.3 Å². The van der Waals surface area contributed by atoms with Crippen LogP contribution in [-0.2, 0) is 4.79 Å². The Labute approximate surface area is 118 Å². The quantitative estimate of drug-likeness (QED) is 0.573. The van der Waals surface area contributed by atoms with Gasteiger partial charge in [-0.15, -0.1) is 0 Å². The van der Waals surface area contributed by atoms with Gasteiger partial charge in [-0.1, -0.05) is 22.0 Å². The molecule has 1 aromatic rings. The minimum atomic E-state index is -0.713. The molecule has 1 rings (SSSR count). The fraction of sp³-hybridized carbons (Fsp3) is 0.333. The van der Waals surface area contributed by atoms with Crippen LogP contribution in [0.4, 0.5) is 0 Å². The van der Waals surface area contributed by atoms with Crippen molar-refractivity contribution in [2.45, 2.75) is 6.04 Å². The van der Waals surface area contributed by atoms with Crippen LogP contribution >= 0.6 is 15.9 Å². The molecule has 0 aliphatic rings. The Morgan fingerprint density at radius 2 is 1.95 bits per heavy atom. The number of nitrogens with one attached hydrogen (secondary N) is 2. The van der Waals surface area contributed by atoms with E-state index in [-0.39, 0.29) is 25.7 Å². The van der Waals surface area contributed by atoms with Gasteiger partial charge in [-0.2, -0.15) is 0 Å². The molecule has 0 radical (unpaired) electrons. The zero-order valence-corrected chi connectivity index (χ0v) is 11.7. The van der Waals surface area contributed by atoms with Crippen molar-refractivity contribution in [2.75, 3.05) is 19.8 Å². The van der Waals surface area contributed by atoms with E-state index in [0.717, 1.165) is 4.47 Å². The van der Waals surface area contributed by atoms with Gasteiger partial charge in [0.05, 0.1) is 25.8 Å². The average molecular weight is 331 g/mol. The standard InChI is InChI=1S/C12H15BrN2O4/c13-9-3-1-2-8(4-9)12(19)14-5-11(18)15-10(6-16)7-17/h1-4,10,16-17H,5-7H2,(H,14,19)(H,15,18). The average Bonchev–Trinajstić information content (AvgIpc) is 2.42. The number of aliphatic hydroxyl groups excluding tert-OH is 2. The second-order valence-corrected chi connectivity index (χ2v) is 4.74. The van der Waals surface area contributed by atoms with Crippen molar-refractivity contribution in [1.82, 2.24) is 10.6 Å². The molecule has 6 nitrogen and oxygen atoms in total. The molecule has 0 bridgehead atoms. The van der Waals surface area contributed by atoms with Crippen LogP contribution in [0.25, 0.3) is 0 Å². The van der Waals surface area contributed by atoms with Gasteiger partial charge >= 0.3 is 0 Å². The highest BCUT2D eigenvalue weighted by atomic mass is 79.9. The van der Waals surface area contributed by atoms with Gasteiger partial charge in [0.2, 0.25) is 5.91 Å². The maximum atomic E-state index is 11.7. The predicted molar refractivity (Wildman–Crippen MR) is 72.6 cm³/mol. The fourth-order valence-electron chi connectivity index (χ4n) is 1.32. The lowest BCUT2D eigenvalue weighted by atomic mass is 10.2. The van der Waals surface area contributed by atoms with Gasteiger partial charge in [0, 0.05) is 10.0 Å². The number of carbonyl (C=O) groups is 2. The summed E-state index contributed by atoms with van der Waals surface area (Å²) in [5.41, 5.74) is 0.433. The first-order valence-electron chi connectivity index (χ1n) is 5.61. The van der Waals surface area contributed by atoms with Crippen molar-refractivity contribution in [3.63, 3.8) is 0 Å². The number of halogens is 1. The monoisotopic (exact) mass is 330 g/mol. The Morgan fingerprint density at radius 1 is 1.26 bits per heavy atom. The predicted octanol–water partition coefficient (Wildman–Crippen LogP) is -0.352. The van der Waals surface area contributed by atoms with Crippen molar-refractivity contribution < 1.29 is 19.8 Å². The summed E-state index contributed by atoms with van der Waals surface area (Å²) in [6.07, 6.45) is 0. The normalized spacial score (nSPS) is 10.3. The minimum absolute atomic E-state index is 0.220. The molecule has 0 unspecified atom stereocenters. The van der Waals surface area contributed by atoms with E-state index in [9.17, 15) is 9.59 Å². The molecule has 1 aromatic carbocycles. The summed E-state index contributed by atoms with van der Waals surface area (Å²) in [5.74, 6) is -0.850. The molecular formula is C12H15BrN2O4. The molecule has 0 aliphatic heterocycles. The maximum absolute atomic E-state index is 11.7. The van der Waals surface area contributed by atoms with Gasteiger partial charge in [-0.25, -0.2) is 0 Å². The van der Waals surface area contributed by atoms with E-state index in [1.807, 2.05) is 0 Å². The third kappa shape index (κ3) is 5.37. The Morgan fingerprint density at radius 3 is 2.53 bits per heavy atom. The molecule has 4 N–H and O–H groups in total. The topological polar surface area (TPSA) is 98.7 Å². The molecular weight excluding hydrogens is 316 g/mol. The summed E-state index contributed by atoms with van der Waals surface area (Å²) >= 11 is 3.25. The van der Waals surface area contributed by atoms with Crippen molar-refractivity contribution in [1.29, 1.82) is 0 Å². The highest BCUT2D eigenvalue weighted by Gasteiger charge is 2.12. The number of carbonyl (C=O) groups excluding carboxylic acids is 2. The first-order chi connectivity index (χ1) is 9.06. The van der Waals surface area contributed by atoms with Crippen LogP contribution in [0.2, 0.25) is 0 Å². The molecule has 7 heteroatoms. The largest absolute Gasteiger partial charge is 0.394 e. The summed E-state index contributed by atoms with van der Waals surface area (Å²) in [4.78, 5) is 23.1. The number of aliphatic hydroxyl groups is 2. The first-order valence-corrected chi connectivity index (χ1v) is 6.41. The first kappa shape index (κ1) is 15.6. The van der Waals surface area contributed by atoms with Gasteiger partial charge in [0.25, 0.3) is 5.91 Å². The van der Waals surface area contributed by atoms with Crippen LogP contribution < -0.4 is 10.6 Å². The lowest BCUT2D eigenvalue weighted by molar-refractivity contribution is -0.121.